The highest BCUT2D eigenvalue weighted by molar-refractivity contribution is 7.15. The monoisotopic (exact) mass is 340 g/mol. The Morgan fingerprint density at radius 3 is 3.04 bits per heavy atom. The maximum atomic E-state index is 12.2. The highest BCUT2D eigenvalue weighted by atomic mass is 32.1. The third kappa shape index (κ3) is 2.63. The number of hydrogen-bond acceptors (Lipinski definition) is 5. The first kappa shape index (κ1) is 14.5. The van der Waals surface area contributed by atoms with Gasteiger partial charge in [0, 0.05) is 17.8 Å². The molecule has 4 heterocycles. The van der Waals surface area contributed by atoms with Crippen LogP contribution < -0.4 is 10.9 Å². The molecule has 8 heteroatoms. The zero-order chi connectivity index (χ0) is 16.5. The molecular formula is C16H12N4O3S. The van der Waals surface area contributed by atoms with Gasteiger partial charge in [-0.15, -0.1) is 11.3 Å². The second kappa shape index (κ2) is 5.82. The number of amides is 1. The number of carbonyl (C=O) groups is 1. The minimum Gasteiger partial charge on any atom is -0.463 e. The molecule has 0 fully saturated rings. The van der Waals surface area contributed by atoms with Crippen LogP contribution in [-0.2, 0) is 6.54 Å². The van der Waals surface area contributed by atoms with E-state index in [1.54, 1.807) is 18.2 Å². The summed E-state index contributed by atoms with van der Waals surface area (Å²) in [5.74, 6) is 0.0933. The van der Waals surface area contributed by atoms with Crippen LogP contribution in [0.5, 0.6) is 0 Å². The largest absolute Gasteiger partial charge is 0.463 e. The molecule has 4 rings (SSSR count). The Labute approximate surface area is 139 Å². The molecule has 4 aromatic heterocycles. The minimum absolute atomic E-state index is 0.0475. The van der Waals surface area contributed by atoms with Gasteiger partial charge in [-0.05, 0) is 24.3 Å². The fourth-order valence-electron chi connectivity index (χ4n) is 2.36. The first-order valence-electron chi connectivity index (χ1n) is 7.17. The lowest BCUT2D eigenvalue weighted by Crippen LogP contribution is -2.29. The highest BCUT2D eigenvalue weighted by Crippen LogP contribution is 2.15. The topological polar surface area (TPSA) is 92.4 Å². The van der Waals surface area contributed by atoms with Crippen molar-refractivity contribution < 1.29 is 9.21 Å². The quantitative estimate of drug-likeness (QED) is 0.596. The van der Waals surface area contributed by atoms with Gasteiger partial charge in [-0.1, -0.05) is 0 Å². The number of aromatic amines is 1. The zero-order valence-electron chi connectivity index (χ0n) is 12.4. The van der Waals surface area contributed by atoms with Gasteiger partial charge in [0.25, 0.3) is 11.5 Å². The molecule has 0 radical (unpaired) electrons. The number of pyridine rings is 1. The van der Waals surface area contributed by atoms with Gasteiger partial charge in [0.1, 0.15) is 11.3 Å². The lowest BCUT2D eigenvalue weighted by atomic mass is 10.2. The summed E-state index contributed by atoms with van der Waals surface area (Å²) in [5, 5.41) is 4.64. The number of carbonyl (C=O) groups excluding carboxylic acids is 1. The molecule has 0 unspecified atom stereocenters. The van der Waals surface area contributed by atoms with Crippen LogP contribution in [0.2, 0.25) is 0 Å². The van der Waals surface area contributed by atoms with E-state index in [0.29, 0.717) is 11.5 Å². The van der Waals surface area contributed by atoms with Gasteiger partial charge in [0.15, 0.2) is 4.96 Å². The number of thiazole rings is 1. The summed E-state index contributed by atoms with van der Waals surface area (Å²) >= 11 is 1.52. The molecule has 24 heavy (non-hydrogen) atoms. The standard InChI is InChI=1S/C16H12N4O3S/c21-14(17-8-10-9-20-5-7-24-16(20)18-10)11-3-4-12(19-15(11)22)13-2-1-6-23-13/h1-7,9H,8H2,(H,17,21)(H,19,22). The van der Waals surface area contributed by atoms with Gasteiger partial charge in [-0.3, -0.25) is 14.0 Å². The average molecular weight is 340 g/mol. The van der Waals surface area contributed by atoms with Gasteiger partial charge < -0.3 is 14.7 Å². The first-order valence-corrected chi connectivity index (χ1v) is 8.05. The number of furan rings is 1. The second-order valence-electron chi connectivity index (χ2n) is 5.10. The Balaban J connectivity index is 1.49. The third-order valence-electron chi connectivity index (χ3n) is 3.51. The van der Waals surface area contributed by atoms with Crippen LogP contribution >= 0.6 is 11.3 Å². The van der Waals surface area contributed by atoms with Crippen LogP contribution in [0.25, 0.3) is 16.4 Å². The highest BCUT2D eigenvalue weighted by Gasteiger charge is 2.13. The van der Waals surface area contributed by atoms with Crippen molar-refractivity contribution in [3.8, 4) is 11.5 Å². The van der Waals surface area contributed by atoms with E-state index < -0.39 is 11.5 Å². The molecule has 0 aliphatic rings. The molecule has 7 nitrogen and oxygen atoms in total. The Kier molecular flexibility index (Phi) is 3.51. The number of rotatable bonds is 4. The second-order valence-corrected chi connectivity index (χ2v) is 5.97. The van der Waals surface area contributed by atoms with Gasteiger partial charge in [-0.25, -0.2) is 4.98 Å². The maximum Gasteiger partial charge on any atom is 0.261 e. The molecule has 120 valence electrons. The lowest BCUT2D eigenvalue weighted by Gasteiger charge is -2.03. The van der Waals surface area contributed by atoms with E-state index in [1.807, 2.05) is 22.2 Å². The van der Waals surface area contributed by atoms with E-state index in [9.17, 15) is 9.59 Å². The molecular weight excluding hydrogens is 328 g/mol. The van der Waals surface area contributed by atoms with Crippen molar-refractivity contribution in [3.05, 3.63) is 69.9 Å². The number of hydrogen-bond donors (Lipinski definition) is 2. The molecule has 0 aliphatic heterocycles. The van der Waals surface area contributed by atoms with Crippen molar-refractivity contribution in [2.24, 2.45) is 0 Å². The molecule has 4 aromatic rings. The Bertz CT molecular complexity index is 1030. The molecule has 0 bridgehead atoms. The summed E-state index contributed by atoms with van der Waals surface area (Å²) in [6.45, 7) is 0.257. The van der Waals surface area contributed by atoms with E-state index in [4.69, 9.17) is 4.42 Å². The van der Waals surface area contributed by atoms with Crippen LogP contribution in [0.4, 0.5) is 0 Å². The van der Waals surface area contributed by atoms with E-state index >= 15 is 0 Å². The van der Waals surface area contributed by atoms with Gasteiger partial charge in [0.05, 0.1) is 24.2 Å². The van der Waals surface area contributed by atoms with E-state index in [0.717, 1.165) is 10.7 Å². The van der Waals surface area contributed by atoms with Crippen LogP contribution in [0.1, 0.15) is 16.1 Å². The summed E-state index contributed by atoms with van der Waals surface area (Å²) in [6.07, 6.45) is 5.26. The molecule has 0 spiro atoms. The summed E-state index contributed by atoms with van der Waals surface area (Å²) < 4.78 is 7.11. The molecule has 0 atom stereocenters. The van der Waals surface area contributed by atoms with Crippen molar-refractivity contribution in [2.45, 2.75) is 6.54 Å². The van der Waals surface area contributed by atoms with Crippen LogP contribution in [0, 0.1) is 0 Å². The van der Waals surface area contributed by atoms with E-state index in [1.165, 1.54) is 23.7 Å². The molecule has 0 saturated heterocycles. The predicted molar refractivity (Wildman–Crippen MR) is 89.0 cm³/mol. The van der Waals surface area contributed by atoms with Crippen molar-refractivity contribution in [2.75, 3.05) is 0 Å². The third-order valence-corrected chi connectivity index (χ3v) is 4.28. The van der Waals surface area contributed by atoms with Crippen molar-refractivity contribution in [3.63, 3.8) is 0 Å². The molecule has 1 amide bonds. The summed E-state index contributed by atoms with van der Waals surface area (Å²) in [4.78, 5) is 32.2. The van der Waals surface area contributed by atoms with Crippen molar-refractivity contribution >= 4 is 22.2 Å². The van der Waals surface area contributed by atoms with Gasteiger partial charge in [0.2, 0.25) is 0 Å². The normalized spacial score (nSPS) is 11.0. The van der Waals surface area contributed by atoms with E-state index in [-0.39, 0.29) is 12.1 Å². The molecule has 0 aliphatic carbocycles. The average Bonchev–Trinajstić information content (AvgIpc) is 3.29. The summed E-state index contributed by atoms with van der Waals surface area (Å²) in [7, 11) is 0. The summed E-state index contributed by atoms with van der Waals surface area (Å²) in [5.41, 5.74) is 0.841. The zero-order valence-corrected chi connectivity index (χ0v) is 13.2. The number of aromatic nitrogens is 3. The Morgan fingerprint density at radius 1 is 1.38 bits per heavy atom. The van der Waals surface area contributed by atoms with Crippen molar-refractivity contribution in [1.29, 1.82) is 0 Å². The first-order chi connectivity index (χ1) is 11.7. The Morgan fingerprint density at radius 2 is 2.29 bits per heavy atom. The predicted octanol–water partition coefficient (Wildman–Crippen LogP) is 2.27. The maximum absolute atomic E-state index is 12.2. The smallest absolute Gasteiger partial charge is 0.261 e. The van der Waals surface area contributed by atoms with Crippen LogP contribution in [0.15, 0.2) is 57.5 Å². The SMILES string of the molecule is O=C(NCc1cn2ccsc2n1)c1ccc(-c2ccco2)[nH]c1=O. The molecule has 0 saturated carbocycles. The van der Waals surface area contributed by atoms with Crippen LogP contribution in [-0.4, -0.2) is 20.3 Å². The van der Waals surface area contributed by atoms with Gasteiger partial charge >= 0.3 is 0 Å². The fraction of sp³-hybridized carbons (Fsp3) is 0.0625. The number of imidazole rings is 1. The fourth-order valence-corrected chi connectivity index (χ4v) is 3.07. The lowest BCUT2D eigenvalue weighted by molar-refractivity contribution is 0.0949. The minimum atomic E-state index is -0.466. The van der Waals surface area contributed by atoms with Crippen molar-refractivity contribution in [1.82, 2.24) is 19.7 Å². The number of fused-ring (bicyclic) bond motifs is 1. The number of nitrogens with one attached hydrogen (secondary N) is 2. The van der Waals surface area contributed by atoms with Crippen LogP contribution in [0.3, 0.4) is 0 Å². The molecule has 2 N–H and O–H groups in total. The Hall–Kier alpha value is -3.13. The summed E-state index contributed by atoms with van der Waals surface area (Å²) in [6, 6.07) is 6.58. The molecule has 0 aromatic carbocycles. The van der Waals surface area contributed by atoms with Gasteiger partial charge in [-0.2, -0.15) is 0 Å². The number of H-pyrrole nitrogens is 1. The van der Waals surface area contributed by atoms with E-state index in [2.05, 4.69) is 15.3 Å². The number of nitrogens with zero attached hydrogens (tertiary/aromatic N) is 2.